The van der Waals surface area contributed by atoms with Gasteiger partial charge in [-0.05, 0) is 25.1 Å². The van der Waals surface area contributed by atoms with Gasteiger partial charge in [0.25, 0.3) is 0 Å². The molecule has 1 fully saturated rings. The molecular weight excluding hydrogens is 212 g/mol. The Hall–Kier alpha value is -1.68. The maximum absolute atomic E-state index is 4.53. The van der Waals surface area contributed by atoms with Crippen LogP contribution >= 0.6 is 0 Å². The topological polar surface area (TPSA) is 41.1 Å². The second-order valence-corrected chi connectivity index (χ2v) is 4.42. The van der Waals surface area contributed by atoms with Crippen molar-refractivity contribution in [1.82, 2.24) is 15.3 Å². The number of hydrogen-bond donors (Lipinski definition) is 1. The van der Waals surface area contributed by atoms with E-state index in [1.54, 1.807) is 0 Å². The highest BCUT2D eigenvalue weighted by Crippen LogP contribution is 2.19. The van der Waals surface area contributed by atoms with E-state index in [1.807, 2.05) is 25.3 Å². The van der Waals surface area contributed by atoms with Crippen molar-refractivity contribution in [3.63, 3.8) is 0 Å². The predicted molar refractivity (Wildman–Crippen MR) is 69.4 cm³/mol. The van der Waals surface area contributed by atoms with E-state index in [1.165, 1.54) is 5.69 Å². The Kier molecular flexibility index (Phi) is 2.65. The average Bonchev–Trinajstić information content (AvgIpc) is 2.39. The highest BCUT2D eigenvalue weighted by molar-refractivity contribution is 5.77. The van der Waals surface area contributed by atoms with E-state index in [0.29, 0.717) is 0 Å². The number of rotatable bonds is 1. The first kappa shape index (κ1) is 10.5. The molecule has 1 N–H and O–H groups in total. The molecule has 1 aliphatic heterocycles. The maximum Gasteiger partial charge on any atom is 0.0910 e. The minimum atomic E-state index is 0.967. The van der Waals surface area contributed by atoms with Crippen molar-refractivity contribution in [2.24, 2.45) is 0 Å². The molecule has 0 amide bonds. The summed E-state index contributed by atoms with van der Waals surface area (Å²) in [5.41, 5.74) is 4.17. The second-order valence-electron chi connectivity index (χ2n) is 4.42. The van der Waals surface area contributed by atoms with E-state index in [-0.39, 0.29) is 0 Å². The third-order valence-electron chi connectivity index (χ3n) is 3.14. The van der Waals surface area contributed by atoms with Crippen LogP contribution in [0.3, 0.4) is 0 Å². The highest BCUT2D eigenvalue weighted by atomic mass is 15.2. The van der Waals surface area contributed by atoms with Crippen molar-refractivity contribution in [2.75, 3.05) is 31.1 Å². The van der Waals surface area contributed by atoms with Gasteiger partial charge in [-0.1, -0.05) is 0 Å². The van der Waals surface area contributed by atoms with Gasteiger partial charge in [0.15, 0.2) is 0 Å². The van der Waals surface area contributed by atoms with Crippen LogP contribution < -0.4 is 10.2 Å². The summed E-state index contributed by atoms with van der Waals surface area (Å²) in [4.78, 5) is 11.4. The zero-order valence-electron chi connectivity index (χ0n) is 9.98. The van der Waals surface area contributed by atoms with Crippen LogP contribution in [0.1, 0.15) is 5.69 Å². The molecule has 0 bridgehead atoms. The molecule has 1 aliphatic rings. The number of fused-ring (bicyclic) bond motifs is 1. The average molecular weight is 228 g/mol. The quantitative estimate of drug-likeness (QED) is 0.800. The minimum absolute atomic E-state index is 0.967. The van der Waals surface area contributed by atoms with Crippen LogP contribution in [0, 0.1) is 6.92 Å². The molecule has 3 rings (SSSR count). The number of nitrogens with one attached hydrogen (secondary N) is 1. The molecule has 0 unspecified atom stereocenters. The maximum atomic E-state index is 4.53. The molecule has 0 aromatic carbocycles. The lowest BCUT2D eigenvalue weighted by Gasteiger charge is -2.29. The molecule has 17 heavy (non-hydrogen) atoms. The summed E-state index contributed by atoms with van der Waals surface area (Å²) in [6, 6.07) is 6.17. The Morgan fingerprint density at radius 3 is 2.82 bits per heavy atom. The van der Waals surface area contributed by atoms with Gasteiger partial charge in [-0.25, -0.2) is 0 Å². The molecule has 0 radical (unpaired) electrons. The van der Waals surface area contributed by atoms with Gasteiger partial charge < -0.3 is 10.2 Å². The fraction of sp³-hybridized carbons (Fsp3) is 0.385. The first-order valence-electron chi connectivity index (χ1n) is 6.02. The third-order valence-corrected chi connectivity index (χ3v) is 3.14. The van der Waals surface area contributed by atoms with Crippen LogP contribution in [-0.4, -0.2) is 36.1 Å². The summed E-state index contributed by atoms with van der Waals surface area (Å²) in [5, 5.41) is 3.35. The molecule has 0 saturated carbocycles. The zero-order chi connectivity index (χ0) is 11.7. The van der Waals surface area contributed by atoms with Gasteiger partial charge in [-0.15, -0.1) is 0 Å². The fourth-order valence-corrected chi connectivity index (χ4v) is 2.19. The monoisotopic (exact) mass is 228 g/mol. The molecule has 4 nitrogen and oxygen atoms in total. The van der Waals surface area contributed by atoms with Gasteiger partial charge in [0.05, 0.1) is 22.9 Å². The summed E-state index contributed by atoms with van der Waals surface area (Å²) in [7, 11) is 0. The number of piperazine rings is 1. The third kappa shape index (κ3) is 2.08. The lowest BCUT2D eigenvalue weighted by Crippen LogP contribution is -2.43. The zero-order valence-corrected chi connectivity index (χ0v) is 9.98. The van der Waals surface area contributed by atoms with Crippen molar-refractivity contribution < 1.29 is 0 Å². The highest BCUT2D eigenvalue weighted by Gasteiger charge is 2.11. The van der Waals surface area contributed by atoms with E-state index >= 15 is 0 Å². The largest absolute Gasteiger partial charge is 0.368 e. The van der Waals surface area contributed by atoms with E-state index in [0.717, 1.165) is 42.9 Å². The smallest absolute Gasteiger partial charge is 0.0910 e. The van der Waals surface area contributed by atoms with Crippen LogP contribution in [0.5, 0.6) is 0 Å². The molecule has 88 valence electrons. The van der Waals surface area contributed by atoms with Crippen LogP contribution in [-0.2, 0) is 0 Å². The van der Waals surface area contributed by atoms with Crippen LogP contribution in [0.15, 0.2) is 24.4 Å². The van der Waals surface area contributed by atoms with E-state index < -0.39 is 0 Å². The standard InChI is InChI=1S/C13H16N4/c1-10-2-3-12-13(16-10)8-11(9-15-12)17-6-4-14-5-7-17/h2-3,8-9,14H,4-7H2,1H3. The summed E-state index contributed by atoms with van der Waals surface area (Å²) >= 11 is 0. The first-order chi connectivity index (χ1) is 8.33. The van der Waals surface area contributed by atoms with Gasteiger partial charge in [0.2, 0.25) is 0 Å². The fourth-order valence-electron chi connectivity index (χ4n) is 2.19. The number of aryl methyl sites for hydroxylation is 1. The number of aromatic nitrogens is 2. The molecule has 0 atom stereocenters. The van der Waals surface area contributed by atoms with Gasteiger partial charge >= 0.3 is 0 Å². The van der Waals surface area contributed by atoms with Crippen molar-refractivity contribution >= 4 is 16.7 Å². The SMILES string of the molecule is Cc1ccc2ncc(N3CCNCC3)cc2n1. The predicted octanol–water partition coefficient (Wildman–Crippen LogP) is 1.35. The van der Waals surface area contributed by atoms with E-state index in [9.17, 15) is 0 Å². The lowest BCUT2D eigenvalue weighted by atomic mass is 10.2. The molecule has 2 aromatic rings. The van der Waals surface area contributed by atoms with Gasteiger partial charge in [-0.3, -0.25) is 9.97 Å². The molecule has 3 heterocycles. The van der Waals surface area contributed by atoms with Gasteiger partial charge in [0, 0.05) is 31.9 Å². The Morgan fingerprint density at radius 2 is 2.00 bits per heavy atom. The Morgan fingerprint density at radius 1 is 1.18 bits per heavy atom. The van der Waals surface area contributed by atoms with Crippen molar-refractivity contribution in [2.45, 2.75) is 6.92 Å². The summed E-state index contributed by atoms with van der Waals surface area (Å²) in [6.45, 7) is 6.17. The Labute approximate surface area is 101 Å². The van der Waals surface area contributed by atoms with Crippen LogP contribution in [0.25, 0.3) is 11.0 Å². The van der Waals surface area contributed by atoms with E-state index in [4.69, 9.17) is 0 Å². The number of nitrogens with zero attached hydrogens (tertiary/aromatic N) is 3. The molecule has 2 aromatic heterocycles. The second kappa shape index (κ2) is 4.30. The van der Waals surface area contributed by atoms with Gasteiger partial charge in [-0.2, -0.15) is 0 Å². The summed E-state index contributed by atoms with van der Waals surface area (Å²) < 4.78 is 0. The first-order valence-corrected chi connectivity index (χ1v) is 6.02. The molecule has 0 aliphatic carbocycles. The summed E-state index contributed by atoms with van der Waals surface area (Å²) in [6.07, 6.45) is 1.95. The number of hydrogen-bond acceptors (Lipinski definition) is 4. The Balaban J connectivity index is 1.99. The van der Waals surface area contributed by atoms with Crippen molar-refractivity contribution in [3.8, 4) is 0 Å². The molecule has 4 heteroatoms. The molecular formula is C13H16N4. The minimum Gasteiger partial charge on any atom is -0.368 e. The Bertz CT molecular complexity index is 532. The normalized spacial score (nSPS) is 16.4. The van der Waals surface area contributed by atoms with E-state index in [2.05, 4.69) is 26.3 Å². The van der Waals surface area contributed by atoms with Crippen LogP contribution in [0.4, 0.5) is 5.69 Å². The van der Waals surface area contributed by atoms with Crippen molar-refractivity contribution in [1.29, 1.82) is 0 Å². The lowest BCUT2D eigenvalue weighted by molar-refractivity contribution is 0.589. The van der Waals surface area contributed by atoms with Crippen LogP contribution in [0.2, 0.25) is 0 Å². The molecule has 0 spiro atoms. The number of pyridine rings is 2. The summed E-state index contributed by atoms with van der Waals surface area (Å²) in [5.74, 6) is 0. The van der Waals surface area contributed by atoms with Crippen molar-refractivity contribution in [3.05, 3.63) is 30.1 Å². The van der Waals surface area contributed by atoms with Gasteiger partial charge in [0.1, 0.15) is 0 Å². The molecule has 1 saturated heterocycles. The number of anilines is 1.